The minimum Gasteiger partial charge on any atom is -0.381 e. The maximum absolute atomic E-state index is 12.9. The lowest BCUT2D eigenvalue weighted by Gasteiger charge is -2.22. The van der Waals surface area contributed by atoms with Crippen LogP contribution in [0.1, 0.15) is 35.1 Å². The highest BCUT2D eigenvalue weighted by atomic mass is 16.5. The Balaban J connectivity index is 1.52. The number of carbonyl (C=O) groups is 1. The van der Waals surface area contributed by atoms with Gasteiger partial charge in [-0.3, -0.25) is 13.9 Å². The first-order chi connectivity index (χ1) is 14.5. The summed E-state index contributed by atoms with van der Waals surface area (Å²) in [5.74, 6) is -0.471. The van der Waals surface area contributed by atoms with E-state index in [2.05, 4.69) is 25.4 Å². The molecule has 0 spiro atoms. The molecule has 11 nitrogen and oxygen atoms in total. The highest BCUT2D eigenvalue weighted by Crippen LogP contribution is 2.23. The van der Waals surface area contributed by atoms with Crippen LogP contribution >= 0.6 is 0 Å². The zero-order valence-electron chi connectivity index (χ0n) is 16.6. The number of nitrogens with zero attached hydrogens (tertiary/aromatic N) is 7. The highest BCUT2D eigenvalue weighted by Gasteiger charge is 2.24. The molecule has 0 aromatic carbocycles. The van der Waals surface area contributed by atoms with Crippen molar-refractivity contribution in [2.75, 3.05) is 18.5 Å². The molecule has 1 aliphatic rings. The van der Waals surface area contributed by atoms with Crippen molar-refractivity contribution in [1.82, 2.24) is 33.7 Å². The van der Waals surface area contributed by atoms with Crippen molar-refractivity contribution in [3.63, 3.8) is 0 Å². The Kier molecular flexibility index (Phi) is 4.31. The van der Waals surface area contributed by atoms with Crippen molar-refractivity contribution in [1.29, 1.82) is 0 Å². The molecular formula is C19H20N8O3. The molecule has 154 valence electrons. The summed E-state index contributed by atoms with van der Waals surface area (Å²) in [5, 5.41) is 6.92. The Labute approximate surface area is 170 Å². The summed E-state index contributed by atoms with van der Waals surface area (Å²) in [6.07, 6.45) is 6.10. The summed E-state index contributed by atoms with van der Waals surface area (Å²) in [5.41, 5.74) is 2.98. The summed E-state index contributed by atoms with van der Waals surface area (Å²) in [7, 11) is 1.68. The minimum atomic E-state index is -0.464. The number of aromatic nitrogens is 7. The molecule has 11 heteroatoms. The molecule has 0 saturated carbocycles. The van der Waals surface area contributed by atoms with Crippen molar-refractivity contribution in [3.8, 4) is 0 Å². The normalized spacial score (nSPS) is 15.1. The van der Waals surface area contributed by atoms with Gasteiger partial charge in [0.25, 0.3) is 5.91 Å². The molecule has 1 saturated heterocycles. The van der Waals surface area contributed by atoms with E-state index in [9.17, 15) is 9.59 Å². The third kappa shape index (κ3) is 2.94. The van der Waals surface area contributed by atoms with Gasteiger partial charge in [0.2, 0.25) is 5.82 Å². The van der Waals surface area contributed by atoms with Crippen molar-refractivity contribution >= 4 is 28.4 Å². The van der Waals surface area contributed by atoms with Gasteiger partial charge >= 0.3 is 5.69 Å². The average molecular weight is 408 g/mol. The average Bonchev–Trinajstić information content (AvgIpc) is 3.30. The summed E-state index contributed by atoms with van der Waals surface area (Å²) in [4.78, 5) is 38.4. The standard InChI is InChI=1S/C19H20N8O3/c1-11-7-15-21-10-22-26(15)9-13(11)23-18(28)16-20-8-14-17(24-16)27(19(29)25(14)2)12-3-5-30-6-4-12/h7-10,12H,3-6H2,1-2H3,(H,23,28). The molecule has 1 fully saturated rings. The Bertz CT molecular complexity index is 1330. The monoisotopic (exact) mass is 408 g/mol. The molecule has 4 aromatic rings. The maximum Gasteiger partial charge on any atom is 0.330 e. The Hall–Kier alpha value is -3.60. The number of rotatable bonds is 3. The number of nitrogens with one attached hydrogen (secondary N) is 1. The van der Waals surface area contributed by atoms with Crippen LogP contribution in [0.5, 0.6) is 0 Å². The van der Waals surface area contributed by atoms with E-state index in [1.165, 1.54) is 17.1 Å². The van der Waals surface area contributed by atoms with Crippen molar-refractivity contribution in [2.45, 2.75) is 25.8 Å². The van der Waals surface area contributed by atoms with E-state index in [1.807, 2.05) is 13.0 Å². The van der Waals surface area contributed by atoms with Gasteiger partial charge in [0.15, 0.2) is 11.3 Å². The number of imidazole rings is 1. The first-order valence-electron chi connectivity index (χ1n) is 9.66. The number of amides is 1. The van der Waals surface area contributed by atoms with Gasteiger partial charge in [0.1, 0.15) is 11.8 Å². The largest absolute Gasteiger partial charge is 0.381 e. The quantitative estimate of drug-likeness (QED) is 0.538. The van der Waals surface area contributed by atoms with Gasteiger partial charge < -0.3 is 10.1 Å². The number of pyridine rings is 1. The lowest BCUT2D eigenvalue weighted by Crippen LogP contribution is -2.30. The number of ether oxygens (including phenoxy) is 1. The highest BCUT2D eigenvalue weighted by molar-refractivity contribution is 6.02. The van der Waals surface area contributed by atoms with E-state index in [1.54, 1.807) is 22.3 Å². The van der Waals surface area contributed by atoms with Crippen LogP contribution in [0.2, 0.25) is 0 Å². The molecule has 0 atom stereocenters. The second-order valence-electron chi connectivity index (χ2n) is 7.34. The van der Waals surface area contributed by atoms with E-state index >= 15 is 0 Å². The first kappa shape index (κ1) is 18.4. The molecule has 0 radical (unpaired) electrons. The van der Waals surface area contributed by atoms with E-state index in [0.717, 1.165) is 18.4 Å². The van der Waals surface area contributed by atoms with Crippen molar-refractivity contribution in [2.24, 2.45) is 7.05 Å². The predicted octanol–water partition coefficient (Wildman–Crippen LogP) is 1.08. The van der Waals surface area contributed by atoms with Crippen LogP contribution in [0.3, 0.4) is 0 Å². The molecule has 0 unspecified atom stereocenters. The summed E-state index contributed by atoms with van der Waals surface area (Å²) >= 11 is 0. The van der Waals surface area contributed by atoms with Crippen LogP contribution in [-0.2, 0) is 11.8 Å². The van der Waals surface area contributed by atoms with Gasteiger partial charge in [-0.15, -0.1) is 0 Å². The van der Waals surface area contributed by atoms with E-state index in [-0.39, 0.29) is 17.6 Å². The Morgan fingerprint density at radius 1 is 1.27 bits per heavy atom. The van der Waals surface area contributed by atoms with Crippen molar-refractivity contribution < 1.29 is 9.53 Å². The molecule has 1 amide bonds. The molecule has 1 N–H and O–H groups in total. The van der Waals surface area contributed by atoms with E-state index in [4.69, 9.17) is 4.74 Å². The van der Waals surface area contributed by atoms with Gasteiger partial charge in [-0.05, 0) is 31.4 Å². The minimum absolute atomic E-state index is 0.00741. The third-order valence-corrected chi connectivity index (χ3v) is 5.46. The van der Waals surface area contributed by atoms with Gasteiger partial charge in [-0.25, -0.2) is 24.3 Å². The first-order valence-corrected chi connectivity index (χ1v) is 9.66. The fourth-order valence-corrected chi connectivity index (χ4v) is 3.78. The van der Waals surface area contributed by atoms with Crippen LogP contribution in [0.4, 0.5) is 5.69 Å². The van der Waals surface area contributed by atoms with E-state index < -0.39 is 5.91 Å². The maximum atomic E-state index is 12.9. The van der Waals surface area contributed by atoms with Crippen LogP contribution < -0.4 is 11.0 Å². The predicted molar refractivity (Wildman–Crippen MR) is 108 cm³/mol. The smallest absolute Gasteiger partial charge is 0.330 e. The van der Waals surface area contributed by atoms with Gasteiger partial charge in [0, 0.05) is 26.3 Å². The number of anilines is 1. The van der Waals surface area contributed by atoms with Gasteiger partial charge in [-0.1, -0.05) is 0 Å². The molecule has 4 aromatic heterocycles. The zero-order valence-corrected chi connectivity index (χ0v) is 16.6. The number of hydrogen-bond acceptors (Lipinski definition) is 7. The van der Waals surface area contributed by atoms with Gasteiger partial charge in [-0.2, -0.15) is 5.10 Å². The van der Waals surface area contributed by atoms with Crippen LogP contribution in [0.25, 0.3) is 16.8 Å². The second kappa shape index (κ2) is 7.02. The Morgan fingerprint density at radius 3 is 2.87 bits per heavy atom. The van der Waals surface area contributed by atoms with E-state index in [0.29, 0.717) is 35.7 Å². The molecule has 30 heavy (non-hydrogen) atoms. The summed E-state index contributed by atoms with van der Waals surface area (Å²) in [6, 6.07) is 1.81. The number of carbonyl (C=O) groups excluding carboxylic acids is 1. The third-order valence-electron chi connectivity index (χ3n) is 5.46. The Morgan fingerprint density at radius 2 is 2.07 bits per heavy atom. The topological polar surface area (TPSA) is 121 Å². The fourth-order valence-electron chi connectivity index (χ4n) is 3.78. The fraction of sp³-hybridized carbons (Fsp3) is 0.368. The SMILES string of the molecule is Cc1cc2ncnn2cc1NC(=O)c1ncc2c(n1)n(C1CCOCC1)c(=O)n2C. The molecular weight excluding hydrogens is 388 g/mol. The lowest BCUT2D eigenvalue weighted by molar-refractivity contribution is 0.0695. The number of fused-ring (bicyclic) bond motifs is 2. The van der Waals surface area contributed by atoms with Crippen LogP contribution in [0.15, 0.2) is 29.6 Å². The molecule has 0 bridgehead atoms. The van der Waals surface area contributed by atoms with Crippen LogP contribution in [0, 0.1) is 6.92 Å². The van der Waals surface area contributed by atoms with Gasteiger partial charge in [0.05, 0.1) is 18.1 Å². The molecule has 0 aliphatic carbocycles. The molecule has 1 aliphatic heterocycles. The van der Waals surface area contributed by atoms with Crippen LogP contribution in [-0.4, -0.2) is 52.8 Å². The number of aryl methyl sites for hydroxylation is 2. The molecule has 5 heterocycles. The molecule has 5 rings (SSSR count). The number of hydrogen-bond donors (Lipinski definition) is 1. The second-order valence-corrected chi connectivity index (χ2v) is 7.34. The zero-order chi connectivity index (χ0) is 20.8. The lowest BCUT2D eigenvalue weighted by atomic mass is 10.1. The summed E-state index contributed by atoms with van der Waals surface area (Å²) in [6.45, 7) is 3.06. The summed E-state index contributed by atoms with van der Waals surface area (Å²) < 4.78 is 10.2. The van der Waals surface area contributed by atoms with Crippen molar-refractivity contribution in [3.05, 3.63) is 46.7 Å².